The largest absolute Gasteiger partial charge is 0.369 e. The fourth-order valence-corrected chi connectivity index (χ4v) is 5.99. The molecule has 1 aliphatic heterocycles. The van der Waals surface area contributed by atoms with Crippen LogP contribution in [0.25, 0.3) is 16.6 Å². The molecule has 6 rings (SSSR count). The number of benzene rings is 3. The summed E-state index contributed by atoms with van der Waals surface area (Å²) in [7, 11) is 0. The number of hydrogen-bond acceptors (Lipinski definition) is 5. The first-order valence-electron chi connectivity index (χ1n) is 14.4. The average Bonchev–Trinajstić information content (AvgIpc) is 3.73. The number of para-hydroxylation sites is 1. The Morgan fingerprint density at radius 1 is 1.12 bits per heavy atom. The number of nitrogens with one attached hydrogen (secondary N) is 2. The van der Waals surface area contributed by atoms with Gasteiger partial charge in [-0.2, -0.15) is 10.4 Å². The maximum atomic E-state index is 13.4. The summed E-state index contributed by atoms with van der Waals surface area (Å²) >= 11 is 6.13. The van der Waals surface area contributed by atoms with Gasteiger partial charge in [0, 0.05) is 40.8 Å². The number of aromatic amines is 1. The fourth-order valence-electron chi connectivity index (χ4n) is 5.86. The summed E-state index contributed by atoms with van der Waals surface area (Å²) in [6, 6.07) is 25.3. The van der Waals surface area contributed by atoms with Gasteiger partial charge in [0.25, 0.3) is 0 Å². The van der Waals surface area contributed by atoms with Crippen LogP contribution in [-0.4, -0.2) is 51.6 Å². The Morgan fingerprint density at radius 3 is 2.69 bits per heavy atom. The summed E-state index contributed by atoms with van der Waals surface area (Å²) < 4.78 is 1.64. The standard InChI is InChI=1S/C34H33ClN6O/c1-23-7-9-25(10-8-23)33(42)32-30(20-36)34(41(39-32)28-13-11-27(35)12-14-28)37-16-4-17-40-18-15-24(22-40)19-26-21-38-31-6-3-2-5-29(26)31/h2-3,5-14,21,24,37-38H,4,15-19,22H2,1H3. The van der Waals surface area contributed by atoms with Crippen LogP contribution in [0, 0.1) is 24.2 Å². The lowest BCUT2D eigenvalue weighted by Crippen LogP contribution is -2.24. The van der Waals surface area contributed by atoms with Crippen molar-refractivity contribution in [3.8, 4) is 11.8 Å². The molecule has 0 radical (unpaired) electrons. The summed E-state index contributed by atoms with van der Waals surface area (Å²) in [5.41, 5.74) is 5.26. The molecule has 0 saturated carbocycles. The first-order chi connectivity index (χ1) is 20.5. The Labute approximate surface area is 250 Å². The Bertz CT molecular complexity index is 1750. The third-order valence-electron chi connectivity index (χ3n) is 8.09. The SMILES string of the molecule is Cc1ccc(C(=O)c2nn(-c3ccc(Cl)cc3)c(NCCCN3CCC(Cc4c[nH]c5ccccc45)C3)c2C#N)cc1. The minimum Gasteiger partial charge on any atom is -0.369 e. The molecule has 7 nitrogen and oxygen atoms in total. The third-order valence-corrected chi connectivity index (χ3v) is 8.35. The molecule has 1 aliphatic rings. The predicted molar refractivity (Wildman–Crippen MR) is 168 cm³/mol. The van der Waals surface area contributed by atoms with E-state index in [1.807, 2.05) is 31.2 Å². The second-order valence-corrected chi connectivity index (χ2v) is 11.5. The van der Waals surface area contributed by atoms with E-state index in [-0.39, 0.29) is 17.0 Å². The van der Waals surface area contributed by atoms with Gasteiger partial charge in [-0.1, -0.05) is 59.6 Å². The molecular formula is C34H33ClN6O. The molecular weight excluding hydrogens is 544 g/mol. The van der Waals surface area contributed by atoms with E-state index in [1.165, 1.54) is 22.9 Å². The van der Waals surface area contributed by atoms with E-state index < -0.39 is 0 Å². The van der Waals surface area contributed by atoms with Crippen LogP contribution in [-0.2, 0) is 6.42 Å². The van der Waals surface area contributed by atoms with Gasteiger partial charge in [-0.25, -0.2) is 4.68 Å². The molecule has 5 aromatic rings. The van der Waals surface area contributed by atoms with Crippen molar-refractivity contribution in [2.24, 2.45) is 5.92 Å². The normalized spacial score (nSPS) is 15.2. The number of carbonyl (C=O) groups excluding carboxylic acids is 1. The minimum absolute atomic E-state index is 0.137. The molecule has 0 bridgehead atoms. The summed E-state index contributed by atoms with van der Waals surface area (Å²) in [5, 5.41) is 20.1. The summed E-state index contributed by atoms with van der Waals surface area (Å²) in [6.45, 7) is 5.76. The number of anilines is 1. The fraction of sp³-hybridized carbons (Fsp3) is 0.265. The smallest absolute Gasteiger partial charge is 0.214 e. The highest BCUT2D eigenvalue weighted by atomic mass is 35.5. The molecule has 2 aromatic heterocycles. The van der Waals surface area contributed by atoms with Crippen molar-refractivity contribution < 1.29 is 4.79 Å². The molecule has 8 heteroatoms. The predicted octanol–water partition coefficient (Wildman–Crippen LogP) is 6.78. The highest BCUT2D eigenvalue weighted by Gasteiger charge is 2.26. The van der Waals surface area contributed by atoms with Crippen molar-refractivity contribution in [1.29, 1.82) is 5.26 Å². The Kier molecular flexibility index (Phi) is 8.09. The molecule has 1 fully saturated rings. The molecule has 2 N–H and O–H groups in total. The number of aromatic nitrogens is 3. The third kappa shape index (κ3) is 5.82. The van der Waals surface area contributed by atoms with Crippen molar-refractivity contribution in [1.82, 2.24) is 19.7 Å². The van der Waals surface area contributed by atoms with Crippen LogP contribution in [0.15, 0.2) is 79.0 Å². The molecule has 42 heavy (non-hydrogen) atoms. The van der Waals surface area contributed by atoms with Gasteiger partial charge < -0.3 is 15.2 Å². The van der Waals surface area contributed by atoms with E-state index in [9.17, 15) is 10.1 Å². The zero-order valence-corrected chi connectivity index (χ0v) is 24.4. The van der Waals surface area contributed by atoms with Crippen LogP contribution in [0.4, 0.5) is 5.82 Å². The topological polar surface area (TPSA) is 89.7 Å². The number of fused-ring (bicyclic) bond motifs is 1. The highest BCUT2D eigenvalue weighted by molar-refractivity contribution is 6.30. The van der Waals surface area contributed by atoms with Crippen molar-refractivity contribution in [3.05, 3.63) is 112 Å². The van der Waals surface area contributed by atoms with E-state index in [0.29, 0.717) is 28.9 Å². The first kappa shape index (κ1) is 27.8. The number of carbonyl (C=O) groups is 1. The molecule has 0 amide bonds. The van der Waals surface area contributed by atoms with Crippen LogP contribution < -0.4 is 5.32 Å². The van der Waals surface area contributed by atoms with Crippen LogP contribution >= 0.6 is 11.6 Å². The van der Waals surface area contributed by atoms with Crippen molar-refractivity contribution in [2.45, 2.75) is 26.2 Å². The number of aryl methyl sites for hydroxylation is 1. The van der Waals surface area contributed by atoms with E-state index in [2.05, 4.69) is 56.8 Å². The van der Waals surface area contributed by atoms with Gasteiger partial charge in [0.05, 0.1) is 5.69 Å². The molecule has 0 aliphatic carbocycles. The molecule has 1 unspecified atom stereocenters. The Balaban J connectivity index is 1.13. The van der Waals surface area contributed by atoms with Gasteiger partial charge in [0.2, 0.25) is 5.78 Å². The summed E-state index contributed by atoms with van der Waals surface area (Å²) in [5.74, 6) is 0.888. The molecule has 1 atom stereocenters. The zero-order valence-electron chi connectivity index (χ0n) is 23.6. The second-order valence-electron chi connectivity index (χ2n) is 11.1. The maximum Gasteiger partial charge on any atom is 0.214 e. The van der Waals surface area contributed by atoms with Gasteiger partial charge in [-0.05, 0) is 81.1 Å². The van der Waals surface area contributed by atoms with E-state index in [1.54, 1.807) is 28.9 Å². The van der Waals surface area contributed by atoms with Crippen LogP contribution in [0.1, 0.15) is 45.6 Å². The Morgan fingerprint density at radius 2 is 1.90 bits per heavy atom. The molecule has 3 aromatic carbocycles. The van der Waals surface area contributed by atoms with Crippen LogP contribution in [0.5, 0.6) is 0 Å². The van der Waals surface area contributed by atoms with E-state index in [0.717, 1.165) is 43.7 Å². The lowest BCUT2D eigenvalue weighted by atomic mass is 9.98. The molecule has 1 saturated heterocycles. The number of nitriles is 1. The van der Waals surface area contributed by atoms with Gasteiger partial charge in [-0.15, -0.1) is 0 Å². The summed E-state index contributed by atoms with van der Waals surface area (Å²) in [4.78, 5) is 19.3. The van der Waals surface area contributed by atoms with E-state index in [4.69, 9.17) is 11.6 Å². The van der Waals surface area contributed by atoms with Gasteiger partial charge in [0.1, 0.15) is 17.5 Å². The quantitative estimate of drug-likeness (QED) is 0.141. The monoisotopic (exact) mass is 576 g/mol. The Hall–Kier alpha value is -4.38. The molecule has 0 spiro atoms. The van der Waals surface area contributed by atoms with Crippen molar-refractivity contribution >= 4 is 34.1 Å². The highest BCUT2D eigenvalue weighted by Crippen LogP contribution is 2.28. The second kappa shape index (κ2) is 12.2. The number of ketones is 1. The zero-order chi connectivity index (χ0) is 29.1. The number of nitrogens with zero attached hydrogens (tertiary/aromatic N) is 4. The number of hydrogen-bond donors (Lipinski definition) is 2. The van der Waals surface area contributed by atoms with Gasteiger partial charge in [-0.3, -0.25) is 4.79 Å². The number of H-pyrrole nitrogens is 1. The van der Waals surface area contributed by atoms with Gasteiger partial charge in [0.15, 0.2) is 5.69 Å². The number of rotatable bonds is 10. The molecule has 3 heterocycles. The first-order valence-corrected chi connectivity index (χ1v) is 14.8. The van der Waals surface area contributed by atoms with Crippen molar-refractivity contribution in [3.63, 3.8) is 0 Å². The lowest BCUT2D eigenvalue weighted by Gasteiger charge is -2.17. The average molecular weight is 577 g/mol. The van der Waals surface area contributed by atoms with Crippen molar-refractivity contribution in [2.75, 3.05) is 31.5 Å². The maximum absolute atomic E-state index is 13.4. The summed E-state index contributed by atoms with van der Waals surface area (Å²) in [6.07, 6.45) is 5.34. The number of likely N-dealkylation sites (tertiary alicyclic amines) is 1. The number of halogens is 1. The van der Waals surface area contributed by atoms with Gasteiger partial charge >= 0.3 is 0 Å². The van der Waals surface area contributed by atoms with E-state index >= 15 is 0 Å². The molecule has 212 valence electrons. The van der Waals surface area contributed by atoms with Crippen LogP contribution in [0.2, 0.25) is 5.02 Å². The van der Waals surface area contributed by atoms with Crippen LogP contribution in [0.3, 0.4) is 0 Å². The lowest BCUT2D eigenvalue weighted by molar-refractivity contribution is 0.103. The minimum atomic E-state index is -0.277.